The summed E-state index contributed by atoms with van der Waals surface area (Å²) in [6, 6.07) is 11.9. The third kappa shape index (κ3) is 3.79. The highest BCUT2D eigenvalue weighted by Crippen LogP contribution is 2.49. The zero-order valence-corrected chi connectivity index (χ0v) is 19.9. The van der Waals surface area contributed by atoms with Gasteiger partial charge in [0, 0.05) is 11.3 Å². The van der Waals surface area contributed by atoms with Gasteiger partial charge in [0.2, 0.25) is 11.8 Å². The van der Waals surface area contributed by atoms with E-state index >= 15 is 0 Å². The largest absolute Gasteiger partial charge is 0.443 e. The van der Waals surface area contributed by atoms with Crippen LogP contribution < -0.4 is 4.90 Å². The summed E-state index contributed by atoms with van der Waals surface area (Å²) in [6.07, 6.45) is -0.327. The molecule has 7 nitrogen and oxygen atoms in total. The zero-order chi connectivity index (χ0) is 24.1. The number of hydrogen-bond donors (Lipinski definition) is 0. The predicted molar refractivity (Wildman–Crippen MR) is 123 cm³/mol. The standard InChI is InChI=1S/C24H22Cl2N2O5/c1-23(2,3)22(32)33-13-28-19(29)11-24(21(28)31)15-6-4-5-7-18(15)27(20(24)30)12-14-8-9-16(25)17(26)10-14/h4-10H,11-13H2,1-3H3. The molecule has 0 aliphatic carbocycles. The Kier molecular flexibility index (Phi) is 5.75. The van der Waals surface area contributed by atoms with Gasteiger partial charge in [0.15, 0.2) is 12.1 Å². The van der Waals surface area contributed by atoms with Crippen molar-refractivity contribution in [3.05, 3.63) is 63.6 Å². The van der Waals surface area contributed by atoms with Crippen LogP contribution in [0, 0.1) is 5.41 Å². The van der Waals surface area contributed by atoms with E-state index in [0.29, 0.717) is 21.3 Å². The van der Waals surface area contributed by atoms with Gasteiger partial charge in [-0.15, -0.1) is 0 Å². The summed E-state index contributed by atoms with van der Waals surface area (Å²) >= 11 is 12.1. The molecule has 33 heavy (non-hydrogen) atoms. The fraction of sp³-hybridized carbons (Fsp3) is 0.333. The van der Waals surface area contributed by atoms with E-state index in [9.17, 15) is 19.2 Å². The molecule has 2 aromatic rings. The number of likely N-dealkylation sites (tertiary alicyclic amines) is 1. The molecule has 0 aromatic heterocycles. The summed E-state index contributed by atoms with van der Waals surface area (Å²) in [7, 11) is 0. The Hall–Kier alpha value is -2.90. The van der Waals surface area contributed by atoms with Crippen molar-refractivity contribution in [1.82, 2.24) is 4.90 Å². The fourth-order valence-corrected chi connectivity index (χ4v) is 4.41. The lowest BCUT2D eigenvalue weighted by molar-refractivity contribution is -0.162. The number of fused-ring (bicyclic) bond motifs is 2. The van der Waals surface area contributed by atoms with Crippen molar-refractivity contribution in [2.45, 2.75) is 39.2 Å². The van der Waals surface area contributed by atoms with Crippen LogP contribution in [0.4, 0.5) is 5.69 Å². The average molecular weight is 489 g/mol. The first kappa shape index (κ1) is 23.3. The number of benzene rings is 2. The number of para-hydroxylation sites is 1. The SMILES string of the molecule is CC(C)(C)C(=O)OCN1C(=O)CC2(C1=O)C(=O)N(Cc1ccc(Cl)c(Cl)c1)c1ccccc12. The summed E-state index contributed by atoms with van der Waals surface area (Å²) in [4.78, 5) is 54.5. The molecule has 1 atom stereocenters. The summed E-state index contributed by atoms with van der Waals surface area (Å²) in [5.74, 6) is -2.31. The summed E-state index contributed by atoms with van der Waals surface area (Å²) in [5.41, 5.74) is -0.757. The normalized spacial score (nSPS) is 20.1. The van der Waals surface area contributed by atoms with Crippen LogP contribution in [0.15, 0.2) is 42.5 Å². The molecule has 0 N–H and O–H groups in total. The minimum absolute atomic E-state index is 0.148. The first-order valence-electron chi connectivity index (χ1n) is 10.3. The molecule has 172 valence electrons. The van der Waals surface area contributed by atoms with Gasteiger partial charge in [-0.3, -0.25) is 19.2 Å². The number of esters is 1. The van der Waals surface area contributed by atoms with Crippen molar-refractivity contribution in [1.29, 1.82) is 0 Å². The molecule has 2 heterocycles. The molecule has 1 saturated heterocycles. The van der Waals surface area contributed by atoms with Crippen molar-refractivity contribution in [3.8, 4) is 0 Å². The second-order valence-corrected chi connectivity index (χ2v) is 9.99. The van der Waals surface area contributed by atoms with Gasteiger partial charge in [-0.25, -0.2) is 4.90 Å². The molecule has 0 radical (unpaired) electrons. The van der Waals surface area contributed by atoms with Crippen LogP contribution in [0.5, 0.6) is 0 Å². The second kappa shape index (κ2) is 8.15. The van der Waals surface area contributed by atoms with Crippen LogP contribution in [0.1, 0.15) is 38.3 Å². The van der Waals surface area contributed by atoms with E-state index in [1.165, 1.54) is 4.90 Å². The molecule has 0 saturated carbocycles. The molecular weight excluding hydrogens is 467 g/mol. The summed E-state index contributed by atoms with van der Waals surface area (Å²) in [5, 5.41) is 0.741. The first-order valence-corrected chi connectivity index (χ1v) is 11.1. The number of ether oxygens (including phenoxy) is 1. The molecule has 1 fully saturated rings. The number of amides is 3. The van der Waals surface area contributed by atoms with Gasteiger partial charge in [0.05, 0.1) is 28.4 Å². The molecule has 2 aromatic carbocycles. The number of imide groups is 1. The maximum absolute atomic E-state index is 13.7. The van der Waals surface area contributed by atoms with Gasteiger partial charge < -0.3 is 9.64 Å². The Bertz CT molecular complexity index is 1190. The number of rotatable bonds is 4. The lowest BCUT2D eigenvalue weighted by Gasteiger charge is -2.23. The Morgan fingerprint density at radius 3 is 2.33 bits per heavy atom. The maximum atomic E-state index is 13.7. The fourth-order valence-electron chi connectivity index (χ4n) is 4.09. The Morgan fingerprint density at radius 1 is 1.00 bits per heavy atom. The molecule has 2 aliphatic heterocycles. The van der Waals surface area contributed by atoms with Crippen LogP contribution in [-0.2, 0) is 35.9 Å². The third-order valence-corrected chi connectivity index (χ3v) is 6.59. The van der Waals surface area contributed by atoms with E-state index in [1.807, 2.05) is 0 Å². The third-order valence-electron chi connectivity index (χ3n) is 5.85. The Labute approximate surface area is 201 Å². The first-order chi connectivity index (χ1) is 15.5. The number of hydrogen-bond acceptors (Lipinski definition) is 5. The molecule has 1 spiro atoms. The van der Waals surface area contributed by atoms with E-state index in [1.54, 1.807) is 63.2 Å². The van der Waals surface area contributed by atoms with E-state index in [2.05, 4.69) is 0 Å². The molecule has 3 amide bonds. The van der Waals surface area contributed by atoms with Crippen molar-refractivity contribution < 1.29 is 23.9 Å². The number of carbonyl (C=O) groups is 4. The molecule has 1 unspecified atom stereocenters. The highest BCUT2D eigenvalue weighted by molar-refractivity contribution is 6.42. The minimum Gasteiger partial charge on any atom is -0.443 e. The van der Waals surface area contributed by atoms with Crippen molar-refractivity contribution in [2.24, 2.45) is 5.41 Å². The average Bonchev–Trinajstić information content (AvgIpc) is 3.14. The Morgan fingerprint density at radius 2 is 1.67 bits per heavy atom. The van der Waals surface area contributed by atoms with Crippen molar-refractivity contribution >= 4 is 52.6 Å². The highest BCUT2D eigenvalue weighted by Gasteiger charge is 2.63. The van der Waals surface area contributed by atoms with E-state index < -0.39 is 41.3 Å². The number of halogens is 2. The number of nitrogens with zero attached hydrogens (tertiary/aromatic N) is 2. The highest BCUT2D eigenvalue weighted by atomic mass is 35.5. The van der Waals surface area contributed by atoms with Gasteiger partial charge >= 0.3 is 5.97 Å². The van der Waals surface area contributed by atoms with Crippen LogP contribution in [-0.4, -0.2) is 35.3 Å². The van der Waals surface area contributed by atoms with E-state index in [-0.39, 0.29) is 13.0 Å². The lowest BCUT2D eigenvalue weighted by atomic mass is 9.80. The molecule has 0 bridgehead atoms. The van der Waals surface area contributed by atoms with E-state index in [4.69, 9.17) is 27.9 Å². The monoisotopic (exact) mass is 488 g/mol. The smallest absolute Gasteiger partial charge is 0.312 e. The predicted octanol–water partition coefficient (Wildman–Crippen LogP) is 4.08. The van der Waals surface area contributed by atoms with Gasteiger partial charge in [0.1, 0.15) is 0 Å². The molecular formula is C24H22Cl2N2O5. The zero-order valence-electron chi connectivity index (χ0n) is 18.4. The van der Waals surface area contributed by atoms with Crippen LogP contribution in [0.3, 0.4) is 0 Å². The Balaban J connectivity index is 1.67. The van der Waals surface area contributed by atoms with Crippen LogP contribution in [0.2, 0.25) is 10.0 Å². The van der Waals surface area contributed by atoms with Gasteiger partial charge in [-0.1, -0.05) is 47.5 Å². The summed E-state index contributed by atoms with van der Waals surface area (Å²) < 4.78 is 5.20. The quantitative estimate of drug-likeness (QED) is 0.367. The van der Waals surface area contributed by atoms with Crippen molar-refractivity contribution in [2.75, 3.05) is 11.6 Å². The van der Waals surface area contributed by atoms with Gasteiger partial charge in [0.25, 0.3) is 5.91 Å². The number of anilines is 1. The van der Waals surface area contributed by atoms with Crippen LogP contribution >= 0.6 is 23.2 Å². The minimum atomic E-state index is -1.68. The topological polar surface area (TPSA) is 84.0 Å². The second-order valence-electron chi connectivity index (χ2n) is 9.18. The van der Waals surface area contributed by atoms with Gasteiger partial charge in [-0.05, 0) is 44.5 Å². The van der Waals surface area contributed by atoms with E-state index in [0.717, 1.165) is 10.5 Å². The van der Waals surface area contributed by atoms with Crippen LogP contribution in [0.25, 0.3) is 0 Å². The maximum Gasteiger partial charge on any atom is 0.312 e. The molecule has 9 heteroatoms. The number of carbonyl (C=O) groups excluding carboxylic acids is 4. The molecule has 2 aliphatic rings. The molecule has 4 rings (SSSR count). The van der Waals surface area contributed by atoms with Gasteiger partial charge in [-0.2, -0.15) is 0 Å². The summed E-state index contributed by atoms with van der Waals surface area (Å²) in [6.45, 7) is 4.62. The van der Waals surface area contributed by atoms with Crippen molar-refractivity contribution in [3.63, 3.8) is 0 Å². The lowest BCUT2D eigenvalue weighted by Crippen LogP contribution is -2.47.